The Morgan fingerprint density at radius 2 is 1.87 bits per heavy atom. The number of rotatable bonds is 4. The molecule has 1 aliphatic rings. The second kappa shape index (κ2) is 8.40. The van der Waals surface area contributed by atoms with E-state index in [0.717, 1.165) is 35.3 Å². The number of carbonyl (C=O) groups is 2. The summed E-state index contributed by atoms with van der Waals surface area (Å²) in [5, 5.41) is 6.23. The van der Waals surface area contributed by atoms with E-state index in [-0.39, 0.29) is 11.5 Å². The lowest BCUT2D eigenvalue weighted by atomic mass is 9.88. The number of aryl methyl sites for hydroxylation is 1. The molecule has 1 heterocycles. The smallest absolute Gasteiger partial charge is 0.259 e. The van der Waals surface area contributed by atoms with Crippen LogP contribution in [0.4, 0.5) is 15.1 Å². The number of carbonyl (C=O) groups excluding carboxylic acids is 2. The van der Waals surface area contributed by atoms with Gasteiger partial charge in [-0.3, -0.25) is 9.59 Å². The van der Waals surface area contributed by atoms with Gasteiger partial charge in [0.1, 0.15) is 10.8 Å². The van der Waals surface area contributed by atoms with E-state index in [1.807, 2.05) is 31.2 Å². The van der Waals surface area contributed by atoms with Crippen LogP contribution >= 0.6 is 11.3 Å². The summed E-state index contributed by atoms with van der Waals surface area (Å²) in [6.45, 7) is 4.15. The van der Waals surface area contributed by atoms with Crippen LogP contribution < -0.4 is 10.6 Å². The SMILES string of the molecule is Cc1cccc(NC(=O)c2c(NC(=O)c3ccccc3F)sc3c2CC[C@H](C)C3)c1. The third-order valence-electron chi connectivity index (χ3n) is 5.36. The molecule has 1 aliphatic carbocycles. The zero-order valence-corrected chi connectivity index (χ0v) is 17.7. The Kier molecular flexibility index (Phi) is 5.68. The minimum absolute atomic E-state index is 0.0396. The molecule has 0 saturated heterocycles. The molecule has 1 aromatic heterocycles. The Labute approximate surface area is 179 Å². The molecule has 4 rings (SSSR count). The summed E-state index contributed by atoms with van der Waals surface area (Å²) >= 11 is 1.42. The maximum Gasteiger partial charge on any atom is 0.259 e. The number of thiophene rings is 1. The molecule has 0 fully saturated rings. The second-order valence-corrected chi connectivity index (χ2v) is 8.92. The highest BCUT2D eigenvalue weighted by atomic mass is 32.1. The molecular formula is C24H23FN2O2S. The van der Waals surface area contributed by atoms with E-state index >= 15 is 0 Å². The topological polar surface area (TPSA) is 58.2 Å². The van der Waals surface area contributed by atoms with E-state index in [1.165, 1.54) is 29.5 Å². The summed E-state index contributed by atoms with van der Waals surface area (Å²) in [6.07, 6.45) is 2.66. The standard InChI is InChI=1S/C24H23FN2O2S/c1-14-6-5-7-16(12-14)26-23(29)21-18-11-10-15(2)13-20(18)30-24(21)27-22(28)17-8-3-4-9-19(17)25/h3-9,12,15H,10-11,13H2,1-2H3,(H,26,29)(H,27,28)/t15-/m0/s1. The summed E-state index contributed by atoms with van der Waals surface area (Å²) in [7, 11) is 0. The molecule has 2 amide bonds. The molecule has 3 aromatic rings. The average Bonchev–Trinajstić information content (AvgIpc) is 3.05. The lowest BCUT2D eigenvalue weighted by molar-refractivity contribution is 0.102. The Morgan fingerprint density at radius 1 is 1.07 bits per heavy atom. The van der Waals surface area contributed by atoms with E-state index in [1.54, 1.807) is 6.07 Å². The molecule has 30 heavy (non-hydrogen) atoms. The van der Waals surface area contributed by atoms with Crippen LogP contribution in [0.1, 0.15) is 50.1 Å². The fourth-order valence-electron chi connectivity index (χ4n) is 3.81. The number of benzene rings is 2. The van der Waals surface area contributed by atoms with E-state index in [2.05, 4.69) is 17.6 Å². The summed E-state index contributed by atoms with van der Waals surface area (Å²) in [6, 6.07) is 13.4. The monoisotopic (exact) mass is 422 g/mol. The molecule has 0 saturated carbocycles. The van der Waals surface area contributed by atoms with Gasteiger partial charge < -0.3 is 10.6 Å². The van der Waals surface area contributed by atoms with Crippen molar-refractivity contribution in [1.29, 1.82) is 0 Å². The van der Waals surface area contributed by atoms with Crippen LogP contribution in [0.3, 0.4) is 0 Å². The van der Waals surface area contributed by atoms with Crippen LogP contribution in [0.15, 0.2) is 48.5 Å². The molecule has 0 spiro atoms. The average molecular weight is 423 g/mol. The first kappa shape index (κ1) is 20.3. The minimum Gasteiger partial charge on any atom is -0.322 e. The van der Waals surface area contributed by atoms with E-state index in [4.69, 9.17) is 0 Å². The molecule has 4 nitrogen and oxygen atoms in total. The van der Waals surface area contributed by atoms with Crippen LogP contribution in [0, 0.1) is 18.7 Å². The number of fused-ring (bicyclic) bond motifs is 1. The van der Waals surface area contributed by atoms with Crippen molar-refractivity contribution >= 4 is 33.8 Å². The highest BCUT2D eigenvalue weighted by Crippen LogP contribution is 2.40. The quantitative estimate of drug-likeness (QED) is 0.556. The third kappa shape index (κ3) is 4.14. The minimum atomic E-state index is -0.587. The fraction of sp³-hybridized carbons (Fsp3) is 0.250. The van der Waals surface area contributed by atoms with Gasteiger partial charge in [0.2, 0.25) is 0 Å². The Morgan fingerprint density at radius 3 is 2.63 bits per heavy atom. The Bertz CT molecular complexity index is 1120. The van der Waals surface area contributed by atoms with Crippen molar-refractivity contribution < 1.29 is 14.0 Å². The van der Waals surface area contributed by atoms with Crippen molar-refractivity contribution in [3.05, 3.63) is 81.5 Å². The Balaban J connectivity index is 1.68. The highest BCUT2D eigenvalue weighted by Gasteiger charge is 2.29. The van der Waals surface area contributed by atoms with Crippen LogP contribution in [0.25, 0.3) is 0 Å². The maximum atomic E-state index is 14.1. The summed E-state index contributed by atoms with van der Waals surface area (Å²) < 4.78 is 14.1. The molecule has 154 valence electrons. The number of halogens is 1. The lowest BCUT2D eigenvalue weighted by Gasteiger charge is -2.18. The van der Waals surface area contributed by atoms with Gasteiger partial charge in [0.25, 0.3) is 11.8 Å². The largest absolute Gasteiger partial charge is 0.322 e. The van der Waals surface area contributed by atoms with Gasteiger partial charge in [0.05, 0.1) is 11.1 Å². The van der Waals surface area contributed by atoms with Gasteiger partial charge in [-0.15, -0.1) is 11.3 Å². The zero-order valence-electron chi connectivity index (χ0n) is 16.9. The summed E-state index contributed by atoms with van der Waals surface area (Å²) in [5.74, 6) is -0.865. The van der Waals surface area contributed by atoms with Gasteiger partial charge in [-0.05, 0) is 67.5 Å². The van der Waals surface area contributed by atoms with Gasteiger partial charge in [-0.1, -0.05) is 31.2 Å². The predicted molar refractivity (Wildman–Crippen MR) is 119 cm³/mol. The van der Waals surface area contributed by atoms with Crippen LogP contribution in [-0.4, -0.2) is 11.8 Å². The van der Waals surface area contributed by atoms with Crippen molar-refractivity contribution in [2.75, 3.05) is 10.6 Å². The first-order valence-corrected chi connectivity index (χ1v) is 10.8. The molecule has 0 bridgehead atoms. The van der Waals surface area contributed by atoms with Gasteiger partial charge in [0.15, 0.2) is 0 Å². The number of hydrogen-bond donors (Lipinski definition) is 2. The number of nitrogens with one attached hydrogen (secondary N) is 2. The first-order chi connectivity index (χ1) is 14.4. The van der Waals surface area contributed by atoms with Crippen molar-refractivity contribution in [1.82, 2.24) is 0 Å². The molecule has 6 heteroatoms. The highest BCUT2D eigenvalue weighted by molar-refractivity contribution is 7.17. The summed E-state index contributed by atoms with van der Waals surface area (Å²) in [5.41, 5.74) is 3.19. The lowest BCUT2D eigenvalue weighted by Crippen LogP contribution is -2.20. The molecule has 2 N–H and O–H groups in total. The van der Waals surface area contributed by atoms with E-state index in [0.29, 0.717) is 22.2 Å². The van der Waals surface area contributed by atoms with Crippen LogP contribution in [0.5, 0.6) is 0 Å². The van der Waals surface area contributed by atoms with Crippen LogP contribution in [-0.2, 0) is 12.8 Å². The second-order valence-electron chi connectivity index (χ2n) is 7.81. The van der Waals surface area contributed by atoms with E-state index < -0.39 is 11.7 Å². The van der Waals surface area contributed by atoms with Crippen molar-refractivity contribution in [2.45, 2.75) is 33.1 Å². The maximum absolute atomic E-state index is 14.1. The number of amides is 2. The molecular weight excluding hydrogens is 399 g/mol. The number of hydrogen-bond acceptors (Lipinski definition) is 3. The van der Waals surface area contributed by atoms with Crippen molar-refractivity contribution in [3.8, 4) is 0 Å². The molecule has 0 radical (unpaired) electrons. The normalized spacial score (nSPS) is 15.4. The predicted octanol–water partition coefficient (Wildman–Crippen LogP) is 5.83. The van der Waals surface area contributed by atoms with Crippen molar-refractivity contribution in [3.63, 3.8) is 0 Å². The van der Waals surface area contributed by atoms with Crippen molar-refractivity contribution in [2.24, 2.45) is 5.92 Å². The van der Waals surface area contributed by atoms with Gasteiger partial charge in [-0.25, -0.2) is 4.39 Å². The Hall–Kier alpha value is -2.99. The fourth-order valence-corrected chi connectivity index (χ4v) is 5.21. The molecule has 2 aromatic carbocycles. The summed E-state index contributed by atoms with van der Waals surface area (Å²) in [4.78, 5) is 27.0. The first-order valence-electron chi connectivity index (χ1n) is 10.0. The third-order valence-corrected chi connectivity index (χ3v) is 6.53. The van der Waals surface area contributed by atoms with Gasteiger partial charge in [0, 0.05) is 10.6 Å². The van der Waals surface area contributed by atoms with Gasteiger partial charge in [-0.2, -0.15) is 0 Å². The number of anilines is 2. The van der Waals surface area contributed by atoms with Crippen LogP contribution in [0.2, 0.25) is 0 Å². The molecule has 0 unspecified atom stereocenters. The van der Waals surface area contributed by atoms with E-state index in [9.17, 15) is 14.0 Å². The van der Waals surface area contributed by atoms with Gasteiger partial charge >= 0.3 is 0 Å². The molecule has 0 aliphatic heterocycles. The zero-order chi connectivity index (χ0) is 21.3. The molecule has 1 atom stereocenters.